The number of aryl methyl sites for hydroxylation is 2. The number of amides is 3. The van der Waals surface area contributed by atoms with Crippen LogP contribution in [0.15, 0.2) is 53.7 Å². The second-order valence-electron chi connectivity index (χ2n) is 15.4. The van der Waals surface area contributed by atoms with Crippen LogP contribution >= 0.6 is 0 Å². The third-order valence-corrected chi connectivity index (χ3v) is 11.0. The second kappa shape index (κ2) is 15.9. The molecule has 0 aliphatic carbocycles. The van der Waals surface area contributed by atoms with E-state index in [1.54, 1.807) is 23.0 Å². The van der Waals surface area contributed by atoms with Gasteiger partial charge in [0, 0.05) is 86.9 Å². The summed E-state index contributed by atoms with van der Waals surface area (Å²) < 4.78 is 38.0. The molecule has 16 heteroatoms. The number of nitrogens with zero attached hydrogens (tertiary/aromatic N) is 6. The van der Waals surface area contributed by atoms with Gasteiger partial charge < -0.3 is 30.5 Å². The number of aromatic nitrogens is 3. The smallest absolute Gasteiger partial charge is 0.280 e. The maximum atomic E-state index is 15.0. The number of anilines is 4. The van der Waals surface area contributed by atoms with E-state index in [0.29, 0.717) is 79.7 Å². The Balaban J connectivity index is 0.869. The number of pyridine rings is 1. The molecule has 4 N–H and O–H groups in total. The summed E-state index contributed by atoms with van der Waals surface area (Å²) in [4.78, 5) is 50.7. The zero-order valence-corrected chi connectivity index (χ0v) is 32.2. The minimum Gasteiger partial charge on any atom is -0.477 e. The van der Waals surface area contributed by atoms with Crippen LogP contribution in [0.2, 0.25) is 0 Å². The molecule has 0 radical (unpaired) electrons. The largest absolute Gasteiger partial charge is 0.477 e. The summed E-state index contributed by atoms with van der Waals surface area (Å²) in [6.45, 7) is 8.62. The molecule has 57 heavy (non-hydrogen) atoms. The maximum absolute atomic E-state index is 15.0. The lowest BCUT2D eigenvalue weighted by Gasteiger charge is -2.41. The maximum Gasteiger partial charge on any atom is 0.280 e. The molecular formula is C41H46F2N10O4. The monoisotopic (exact) mass is 780 g/mol. The molecule has 2 aromatic heterocycles. The van der Waals surface area contributed by atoms with Crippen molar-refractivity contribution in [3.63, 3.8) is 0 Å². The van der Waals surface area contributed by atoms with Crippen LogP contribution in [0.25, 0.3) is 11.3 Å². The van der Waals surface area contributed by atoms with Gasteiger partial charge in [-0.15, -0.1) is 0 Å². The molecule has 2 fully saturated rings. The molecular weight excluding hydrogens is 735 g/mol. The van der Waals surface area contributed by atoms with E-state index in [9.17, 15) is 14.4 Å². The quantitative estimate of drug-likeness (QED) is 0.142. The van der Waals surface area contributed by atoms with Gasteiger partial charge in [0.1, 0.15) is 11.6 Å². The van der Waals surface area contributed by atoms with Gasteiger partial charge in [-0.25, -0.2) is 13.5 Å². The molecule has 8 rings (SSSR count). The van der Waals surface area contributed by atoms with Crippen molar-refractivity contribution in [1.29, 1.82) is 0 Å². The summed E-state index contributed by atoms with van der Waals surface area (Å²) in [5, 5.41) is 16.9. The van der Waals surface area contributed by atoms with Crippen LogP contribution in [0.3, 0.4) is 0 Å². The van der Waals surface area contributed by atoms with Gasteiger partial charge >= 0.3 is 0 Å². The fourth-order valence-corrected chi connectivity index (χ4v) is 7.98. The SMILES string of the molecule is Cc1cc2cc(n1)-c1cnn(C)c1OCCC[C@@H](C)CN1/C(=N/C2=O)Nc2ccc(NCCNCC3CN(c4cc(F)c([C@H]5CCC(=O)NC5=O)c(F)c4)C3)cc21. The lowest BCUT2D eigenvalue weighted by atomic mass is 9.89. The number of fused-ring (bicyclic) bond motifs is 7. The first-order valence-electron chi connectivity index (χ1n) is 19.5. The highest BCUT2D eigenvalue weighted by atomic mass is 19.1. The number of guanidine groups is 1. The highest BCUT2D eigenvalue weighted by Gasteiger charge is 2.34. The zero-order valence-electron chi connectivity index (χ0n) is 32.2. The van der Waals surface area contributed by atoms with Crippen LogP contribution in [0.1, 0.15) is 60.1 Å². The van der Waals surface area contributed by atoms with Crippen molar-refractivity contribution in [2.24, 2.45) is 23.9 Å². The first-order valence-corrected chi connectivity index (χ1v) is 19.5. The number of aliphatic imine (C=N–C) groups is 1. The van der Waals surface area contributed by atoms with Gasteiger partial charge in [-0.05, 0) is 74.6 Å². The molecule has 14 nitrogen and oxygen atoms in total. The molecule has 2 aromatic carbocycles. The van der Waals surface area contributed by atoms with E-state index in [2.05, 4.69) is 54.2 Å². The van der Waals surface area contributed by atoms with Gasteiger partial charge in [0.15, 0.2) is 0 Å². The van der Waals surface area contributed by atoms with Gasteiger partial charge in [-0.1, -0.05) is 6.92 Å². The third-order valence-electron chi connectivity index (χ3n) is 11.0. The summed E-state index contributed by atoms with van der Waals surface area (Å²) in [6.07, 6.45) is 3.59. The lowest BCUT2D eigenvalue weighted by molar-refractivity contribution is -0.134. The number of hydrogen-bond acceptors (Lipinski definition) is 11. The van der Waals surface area contributed by atoms with Crippen molar-refractivity contribution in [2.45, 2.75) is 45.4 Å². The van der Waals surface area contributed by atoms with Crippen LogP contribution in [-0.2, 0) is 16.6 Å². The van der Waals surface area contributed by atoms with E-state index in [4.69, 9.17) is 4.74 Å². The Morgan fingerprint density at radius 2 is 1.79 bits per heavy atom. The summed E-state index contributed by atoms with van der Waals surface area (Å²) >= 11 is 0. The Morgan fingerprint density at radius 1 is 0.982 bits per heavy atom. The number of hydrogen-bond donors (Lipinski definition) is 4. The lowest BCUT2D eigenvalue weighted by Crippen LogP contribution is -2.51. The van der Waals surface area contributed by atoms with Gasteiger partial charge in [-0.2, -0.15) is 10.1 Å². The highest BCUT2D eigenvalue weighted by Crippen LogP contribution is 2.37. The van der Waals surface area contributed by atoms with Crippen molar-refractivity contribution in [3.8, 4) is 17.1 Å². The molecule has 0 unspecified atom stereocenters. The van der Waals surface area contributed by atoms with Crippen LogP contribution in [0.4, 0.5) is 31.5 Å². The Bertz CT molecular complexity index is 2230. The zero-order chi connectivity index (χ0) is 39.8. The topological polar surface area (TPSA) is 158 Å². The van der Waals surface area contributed by atoms with E-state index < -0.39 is 29.4 Å². The Kier molecular flexibility index (Phi) is 10.6. The molecule has 4 aliphatic rings. The summed E-state index contributed by atoms with van der Waals surface area (Å²) in [5.41, 5.74) is 5.34. The number of ether oxygens (including phenoxy) is 1. The van der Waals surface area contributed by atoms with E-state index in [-0.39, 0.29) is 30.2 Å². The third kappa shape index (κ3) is 8.04. The van der Waals surface area contributed by atoms with E-state index >= 15 is 8.78 Å². The van der Waals surface area contributed by atoms with E-state index in [0.717, 1.165) is 42.0 Å². The summed E-state index contributed by atoms with van der Waals surface area (Å²) in [5.74, 6) is -2.35. The van der Waals surface area contributed by atoms with E-state index in [1.165, 1.54) is 12.1 Å². The highest BCUT2D eigenvalue weighted by molar-refractivity contribution is 6.19. The standard InChI is InChI=1S/C41H46F2N10O4/c1-23-5-4-12-57-40-30(19-46-51(40)3)34-14-26(13-24(2)47-34)38(55)50-41-48-33-8-6-27(15-35(33)53(41)20-23)45-11-10-44-18-25-21-52(22-25)28-16-31(42)37(32(43)17-28)29-7-9-36(54)49-39(29)56/h6,8,13-17,19,23,25,29,44-45H,4-5,7,9-12,18,20-22H2,1-3H3,(H,48,50,55)(H,49,54,56)/t23-,29-/m1/s1. The van der Waals surface area contributed by atoms with Crippen molar-refractivity contribution < 1.29 is 27.9 Å². The number of piperidine rings is 1. The molecule has 4 aliphatic heterocycles. The number of carbonyl (C=O) groups is 3. The fourth-order valence-electron chi connectivity index (χ4n) is 7.98. The van der Waals surface area contributed by atoms with Crippen molar-refractivity contribution in [3.05, 3.63) is 77.1 Å². The van der Waals surface area contributed by atoms with Crippen LogP contribution in [0.5, 0.6) is 5.88 Å². The van der Waals surface area contributed by atoms with Crippen LogP contribution < -0.4 is 35.8 Å². The molecule has 2 saturated heterocycles. The molecule has 6 heterocycles. The number of halogens is 2. The van der Waals surface area contributed by atoms with Gasteiger partial charge in [0.25, 0.3) is 5.91 Å². The van der Waals surface area contributed by atoms with Gasteiger partial charge in [0.05, 0.1) is 41.4 Å². The Hall–Kier alpha value is -5.90. The first kappa shape index (κ1) is 38.0. The summed E-state index contributed by atoms with van der Waals surface area (Å²) in [6, 6.07) is 12.1. The average Bonchev–Trinajstić information content (AvgIpc) is 3.68. The normalized spacial score (nSPS) is 20.8. The van der Waals surface area contributed by atoms with Crippen molar-refractivity contribution >= 4 is 46.4 Å². The molecule has 2 atom stereocenters. The van der Waals surface area contributed by atoms with Crippen LogP contribution in [-0.4, -0.2) is 84.3 Å². The average molecular weight is 781 g/mol. The van der Waals surface area contributed by atoms with Crippen LogP contribution in [0, 0.1) is 30.4 Å². The predicted octanol–water partition coefficient (Wildman–Crippen LogP) is 4.96. The summed E-state index contributed by atoms with van der Waals surface area (Å²) in [7, 11) is 1.83. The number of benzene rings is 2. The molecule has 3 amide bonds. The minimum atomic E-state index is -1.01. The Labute approximate surface area is 329 Å². The second-order valence-corrected chi connectivity index (χ2v) is 15.4. The number of nitrogens with one attached hydrogen (secondary N) is 4. The molecule has 4 aromatic rings. The van der Waals surface area contributed by atoms with Gasteiger partial charge in [-0.3, -0.25) is 24.7 Å². The van der Waals surface area contributed by atoms with Gasteiger partial charge in [0.2, 0.25) is 23.7 Å². The van der Waals surface area contributed by atoms with E-state index in [1.807, 2.05) is 31.0 Å². The minimum absolute atomic E-state index is 0.0517. The molecule has 0 saturated carbocycles. The Morgan fingerprint density at radius 3 is 2.58 bits per heavy atom. The first-order chi connectivity index (χ1) is 27.5. The fraction of sp³-hybridized carbons (Fsp3) is 0.415. The number of imide groups is 1. The number of rotatable bonds is 8. The molecule has 2 bridgehead atoms. The number of carbonyl (C=O) groups excluding carboxylic acids is 3. The molecule has 298 valence electrons. The van der Waals surface area contributed by atoms with Crippen molar-refractivity contribution in [2.75, 3.05) is 66.3 Å². The predicted molar refractivity (Wildman–Crippen MR) is 213 cm³/mol. The van der Waals surface area contributed by atoms with Crippen molar-refractivity contribution in [1.82, 2.24) is 25.4 Å². The molecule has 0 spiro atoms.